The number of halogens is 1. The quantitative estimate of drug-likeness (QED) is 0.591. The number of hydrogen-bond donors (Lipinski definition) is 2. The Morgan fingerprint density at radius 2 is 1.94 bits per heavy atom. The Balaban J connectivity index is 0.00000256. The van der Waals surface area contributed by atoms with Crippen molar-refractivity contribution in [2.75, 3.05) is 18.8 Å². The first kappa shape index (κ1) is 16.3. The number of amides is 1. The van der Waals surface area contributed by atoms with E-state index in [1.807, 2.05) is 30.3 Å². The summed E-state index contributed by atoms with van der Waals surface area (Å²) in [7, 11) is 0. The highest BCUT2D eigenvalue weighted by molar-refractivity contribution is 8.00. The lowest BCUT2D eigenvalue weighted by Crippen LogP contribution is -2.26. The summed E-state index contributed by atoms with van der Waals surface area (Å²) in [6, 6.07) is 9.93. The van der Waals surface area contributed by atoms with Gasteiger partial charge in [-0.1, -0.05) is 18.2 Å². The van der Waals surface area contributed by atoms with Gasteiger partial charge in [0, 0.05) is 11.4 Å². The number of benzene rings is 1. The van der Waals surface area contributed by atoms with Crippen LogP contribution in [0.15, 0.2) is 35.2 Å². The lowest BCUT2D eigenvalue weighted by atomic mass is 10.3. The lowest BCUT2D eigenvalue weighted by Gasteiger charge is -2.04. The zero-order valence-electron chi connectivity index (χ0n) is 9.72. The van der Waals surface area contributed by atoms with E-state index in [4.69, 9.17) is 5.73 Å². The standard InChI is InChI=1S/C12H18N2OS.ClH/c13-8-4-5-9-14-12(15)10-16-11-6-2-1-3-7-11;/h1-3,6-7H,4-5,8-10,13H2,(H,14,15);1H. The molecule has 0 fully saturated rings. The van der Waals surface area contributed by atoms with Crippen LogP contribution in [0.2, 0.25) is 0 Å². The molecule has 0 atom stereocenters. The Morgan fingerprint density at radius 1 is 1.24 bits per heavy atom. The molecule has 1 aromatic rings. The Labute approximate surface area is 113 Å². The van der Waals surface area contributed by atoms with Gasteiger partial charge in [0.05, 0.1) is 5.75 Å². The molecule has 0 heterocycles. The molecule has 0 aliphatic carbocycles. The van der Waals surface area contributed by atoms with E-state index in [2.05, 4.69) is 5.32 Å². The Bertz CT molecular complexity index is 309. The van der Waals surface area contributed by atoms with E-state index in [9.17, 15) is 4.79 Å². The molecule has 0 aromatic heterocycles. The smallest absolute Gasteiger partial charge is 0.230 e. The number of carbonyl (C=O) groups is 1. The molecule has 17 heavy (non-hydrogen) atoms. The van der Waals surface area contributed by atoms with Crippen LogP contribution in [0.1, 0.15) is 12.8 Å². The van der Waals surface area contributed by atoms with Gasteiger partial charge in [0.15, 0.2) is 0 Å². The van der Waals surface area contributed by atoms with Crippen LogP contribution in [0.5, 0.6) is 0 Å². The number of thioether (sulfide) groups is 1. The SMILES string of the molecule is Cl.NCCCCNC(=O)CSc1ccccc1. The number of carbonyl (C=O) groups excluding carboxylic acids is 1. The van der Waals surface area contributed by atoms with Gasteiger partial charge in [-0.05, 0) is 31.5 Å². The third kappa shape index (κ3) is 8.07. The van der Waals surface area contributed by atoms with Crippen molar-refractivity contribution in [2.24, 2.45) is 5.73 Å². The minimum absolute atomic E-state index is 0. The highest BCUT2D eigenvalue weighted by Crippen LogP contribution is 2.15. The maximum absolute atomic E-state index is 11.4. The molecule has 0 spiro atoms. The molecule has 0 aliphatic heterocycles. The van der Waals surface area contributed by atoms with E-state index in [1.54, 1.807) is 11.8 Å². The summed E-state index contributed by atoms with van der Waals surface area (Å²) in [5.41, 5.74) is 5.36. The fourth-order valence-corrected chi connectivity index (χ4v) is 1.96. The van der Waals surface area contributed by atoms with Gasteiger partial charge in [-0.3, -0.25) is 4.79 Å². The molecule has 0 bridgehead atoms. The molecule has 0 saturated heterocycles. The van der Waals surface area contributed by atoms with Crippen molar-refractivity contribution in [3.05, 3.63) is 30.3 Å². The van der Waals surface area contributed by atoms with Crippen LogP contribution >= 0.6 is 24.2 Å². The predicted molar refractivity (Wildman–Crippen MR) is 75.7 cm³/mol. The molecule has 3 N–H and O–H groups in total. The Kier molecular flexibility index (Phi) is 10.0. The van der Waals surface area contributed by atoms with Crippen LogP contribution in [-0.4, -0.2) is 24.7 Å². The van der Waals surface area contributed by atoms with Crippen molar-refractivity contribution in [2.45, 2.75) is 17.7 Å². The topological polar surface area (TPSA) is 55.1 Å². The summed E-state index contributed by atoms with van der Waals surface area (Å²) in [6.07, 6.45) is 1.92. The average molecular weight is 275 g/mol. The zero-order chi connectivity index (χ0) is 11.6. The summed E-state index contributed by atoms with van der Waals surface area (Å²) in [5, 5.41) is 2.87. The summed E-state index contributed by atoms with van der Waals surface area (Å²) in [6.45, 7) is 1.42. The highest BCUT2D eigenvalue weighted by atomic mass is 35.5. The second-order valence-electron chi connectivity index (χ2n) is 3.45. The normalized spacial score (nSPS) is 9.47. The van der Waals surface area contributed by atoms with Crippen molar-refractivity contribution >= 4 is 30.1 Å². The average Bonchev–Trinajstić information content (AvgIpc) is 2.33. The van der Waals surface area contributed by atoms with Gasteiger partial charge >= 0.3 is 0 Å². The molecule has 3 nitrogen and oxygen atoms in total. The van der Waals surface area contributed by atoms with Gasteiger partial charge in [0.1, 0.15) is 0 Å². The van der Waals surface area contributed by atoms with Crippen LogP contribution in [0.25, 0.3) is 0 Å². The molecule has 1 amide bonds. The van der Waals surface area contributed by atoms with E-state index in [-0.39, 0.29) is 18.3 Å². The molecule has 0 unspecified atom stereocenters. The largest absolute Gasteiger partial charge is 0.355 e. The Hall–Kier alpha value is -0.710. The molecular weight excluding hydrogens is 256 g/mol. The first-order chi connectivity index (χ1) is 7.83. The summed E-state index contributed by atoms with van der Waals surface area (Å²) in [4.78, 5) is 12.5. The van der Waals surface area contributed by atoms with Crippen LogP contribution < -0.4 is 11.1 Å². The summed E-state index contributed by atoms with van der Waals surface area (Å²) in [5.74, 6) is 0.568. The molecule has 0 aliphatic rings. The van der Waals surface area contributed by atoms with E-state index < -0.39 is 0 Å². The highest BCUT2D eigenvalue weighted by Gasteiger charge is 2.01. The van der Waals surface area contributed by atoms with Gasteiger partial charge in [0.25, 0.3) is 0 Å². The number of nitrogens with two attached hydrogens (primary N) is 1. The van der Waals surface area contributed by atoms with Crippen LogP contribution in [-0.2, 0) is 4.79 Å². The first-order valence-corrected chi connectivity index (χ1v) is 6.46. The van der Waals surface area contributed by atoms with Crippen molar-refractivity contribution in [3.8, 4) is 0 Å². The fraction of sp³-hybridized carbons (Fsp3) is 0.417. The van der Waals surface area contributed by atoms with Crippen LogP contribution in [0.3, 0.4) is 0 Å². The zero-order valence-corrected chi connectivity index (χ0v) is 11.4. The third-order valence-electron chi connectivity index (χ3n) is 2.07. The maximum Gasteiger partial charge on any atom is 0.230 e. The van der Waals surface area contributed by atoms with Crippen LogP contribution in [0.4, 0.5) is 0 Å². The van der Waals surface area contributed by atoms with Gasteiger partial charge < -0.3 is 11.1 Å². The van der Waals surface area contributed by atoms with Gasteiger partial charge in [-0.2, -0.15) is 0 Å². The van der Waals surface area contributed by atoms with Crippen molar-refractivity contribution < 1.29 is 4.79 Å². The molecule has 1 rings (SSSR count). The minimum Gasteiger partial charge on any atom is -0.355 e. The second kappa shape index (κ2) is 10.4. The van der Waals surface area contributed by atoms with Crippen molar-refractivity contribution in [1.29, 1.82) is 0 Å². The molecular formula is C12H19ClN2OS. The van der Waals surface area contributed by atoms with E-state index in [1.165, 1.54) is 0 Å². The molecule has 96 valence electrons. The van der Waals surface area contributed by atoms with E-state index >= 15 is 0 Å². The number of rotatable bonds is 7. The van der Waals surface area contributed by atoms with E-state index in [0.717, 1.165) is 24.3 Å². The number of nitrogens with one attached hydrogen (secondary N) is 1. The van der Waals surface area contributed by atoms with Crippen molar-refractivity contribution in [1.82, 2.24) is 5.32 Å². The Morgan fingerprint density at radius 3 is 2.59 bits per heavy atom. The lowest BCUT2D eigenvalue weighted by molar-refractivity contribution is -0.118. The molecule has 0 radical (unpaired) electrons. The molecule has 0 saturated carbocycles. The van der Waals surface area contributed by atoms with Gasteiger partial charge in [-0.25, -0.2) is 0 Å². The van der Waals surface area contributed by atoms with Gasteiger partial charge in [0.2, 0.25) is 5.91 Å². The summed E-state index contributed by atoms with van der Waals surface area (Å²) < 4.78 is 0. The number of unbranched alkanes of at least 4 members (excludes halogenated alkanes) is 1. The van der Waals surface area contributed by atoms with Crippen LogP contribution in [0, 0.1) is 0 Å². The maximum atomic E-state index is 11.4. The number of hydrogen-bond acceptors (Lipinski definition) is 3. The predicted octanol–water partition coefficient (Wildman–Crippen LogP) is 2.06. The van der Waals surface area contributed by atoms with E-state index in [0.29, 0.717) is 12.3 Å². The minimum atomic E-state index is 0. The summed E-state index contributed by atoms with van der Waals surface area (Å²) >= 11 is 1.56. The first-order valence-electron chi connectivity index (χ1n) is 5.47. The van der Waals surface area contributed by atoms with Crippen molar-refractivity contribution in [3.63, 3.8) is 0 Å². The fourth-order valence-electron chi connectivity index (χ4n) is 1.21. The third-order valence-corrected chi connectivity index (χ3v) is 3.08. The second-order valence-corrected chi connectivity index (χ2v) is 4.50. The molecule has 5 heteroatoms. The monoisotopic (exact) mass is 274 g/mol. The molecule has 1 aromatic carbocycles. The van der Waals surface area contributed by atoms with Gasteiger partial charge in [-0.15, -0.1) is 24.2 Å².